The lowest BCUT2D eigenvalue weighted by molar-refractivity contribution is -0.0444. The van der Waals surface area contributed by atoms with E-state index in [4.69, 9.17) is 24.3 Å². The second-order valence-corrected chi connectivity index (χ2v) is 7.70. The van der Waals surface area contributed by atoms with Gasteiger partial charge in [0.25, 0.3) is 5.56 Å². The van der Waals surface area contributed by atoms with E-state index in [-0.39, 0.29) is 12.0 Å². The maximum Gasteiger partial charge on any atom is 0.469 e. The highest BCUT2D eigenvalue weighted by atomic mass is 31.2. The van der Waals surface area contributed by atoms with Crippen LogP contribution < -0.4 is 11.2 Å². The van der Waals surface area contributed by atoms with E-state index in [2.05, 4.69) is 9.05 Å². The molecule has 142 valence electrons. The maximum atomic E-state index is 11.9. The van der Waals surface area contributed by atoms with E-state index < -0.39 is 51.9 Å². The molecule has 1 saturated heterocycles. The molecule has 0 amide bonds. The number of H-pyrrole nitrogens is 1. The average molecular weight is 402 g/mol. The zero-order valence-corrected chi connectivity index (χ0v) is 14.5. The monoisotopic (exact) mass is 402 g/mol. The van der Waals surface area contributed by atoms with Crippen molar-refractivity contribution in [1.82, 2.24) is 9.55 Å². The lowest BCUT2D eigenvalue weighted by atomic mass is 10.2. The van der Waals surface area contributed by atoms with Crippen molar-refractivity contribution < 1.29 is 42.5 Å². The molecule has 2 rings (SSSR count). The van der Waals surface area contributed by atoms with Crippen LogP contribution in [0.15, 0.2) is 15.8 Å². The Morgan fingerprint density at radius 2 is 1.92 bits per heavy atom. The first-order valence-electron chi connectivity index (χ1n) is 6.77. The Morgan fingerprint density at radius 3 is 2.48 bits per heavy atom. The summed E-state index contributed by atoms with van der Waals surface area (Å²) in [6.07, 6.45) is -2.72. The van der Waals surface area contributed by atoms with Crippen molar-refractivity contribution in [1.29, 1.82) is 0 Å². The second-order valence-electron chi connectivity index (χ2n) is 5.26. The molecule has 1 unspecified atom stereocenters. The largest absolute Gasteiger partial charge is 0.469 e. The predicted octanol–water partition coefficient (Wildman–Crippen LogP) is -1.28. The second kappa shape index (κ2) is 7.23. The van der Waals surface area contributed by atoms with E-state index in [9.17, 15) is 18.7 Å². The molecule has 1 aliphatic rings. The van der Waals surface area contributed by atoms with Crippen molar-refractivity contribution in [3.63, 3.8) is 0 Å². The highest BCUT2D eigenvalue weighted by molar-refractivity contribution is 7.46. The summed E-state index contributed by atoms with van der Waals surface area (Å²) >= 11 is 0. The molecule has 25 heavy (non-hydrogen) atoms. The Morgan fingerprint density at radius 1 is 1.28 bits per heavy atom. The summed E-state index contributed by atoms with van der Waals surface area (Å²) in [5.41, 5.74) is -1.25. The van der Waals surface area contributed by atoms with Crippen LogP contribution in [0.25, 0.3) is 0 Å². The van der Waals surface area contributed by atoms with Crippen LogP contribution in [0.5, 0.6) is 0 Å². The Balaban J connectivity index is 2.26. The van der Waals surface area contributed by atoms with Crippen molar-refractivity contribution >= 4 is 15.6 Å². The first kappa shape index (κ1) is 20.2. The lowest BCUT2D eigenvalue weighted by Crippen LogP contribution is -2.33. The molecular formula is C10H16N2O11P2. The number of nitrogens with one attached hydrogen (secondary N) is 1. The molecule has 5 N–H and O–H groups in total. The smallest absolute Gasteiger partial charge is 0.349 e. The van der Waals surface area contributed by atoms with E-state index in [1.165, 1.54) is 13.1 Å². The third-order valence-corrected chi connectivity index (χ3v) is 4.35. The molecule has 13 nitrogen and oxygen atoms in total. The first-order chi connectivity index (χ1) is 11.4. The Labute approximate surface area is 139 Å². The summed E-state index contributed by atoms with van der Waals surface area (Å²) < 4.78 is 37.0. The quantitative estimate of drug-likeness (QED) is 0.355. The van der Waals surface area contributed by atoms with Gasteiger partial charge in [-0.25, -0.2) is 13.9 Å². The van der Waals surface area contributed by atoms with Gasteiger partial charge in [-0.1, -0.05) is 0 Å². The number of aryl methyl sites for hydroxylation is 1. The first-order valence-corrected chi connectivity index (χ1v) is 9.83. The molecule has 1 aliphatic heterocycles. The number of nitrogens with zero attached hydrogens (tertiary/aromatic N) is 1. The van der Waals surface area contributed by atoms with E-state index in [0.717, 1.165) is 4.57 Å². The highest BCUT2D eigenvalue weighted by Gasteiger charge is 2.42. The van der Waals surface area contributed by atoms with Crippen molar-refractivity contribution in [3.05, 3.63) is 32.6 Å². The molecule has 1 fully saturated rings. The average Bonchev–Trinajstić information content (AvgIpc) is 2.80. The van der Waals surface area contributed by atoms with Crippen LogP contribution >= 0.6 is 15.6 Å². The van der Waals surface area contributed by atoms with Gasteiger partial charge in [-0.05, 0) is 6.92 Å². The van der Waals surface area contributed by atoms with E-state index in [1.54, 1.807) is 0 Å². The molecule has 0 spiro atoms. The van der Waals surface area contributed by atoms with E-state index >= 15 is 0 Å². The number of ether oxygens (including phenoxy) is 1. The van der Waals surface area contributed by atoms with Gasteiger partial charge in [0, 0.05) is 18.2 Å². The van der Waals surface area contributed by atoms with Crippen molar-refractivity contribution in [2.24, 2.45) is 0 Å². The van der Waals surface area contributed by atoms with Gasteiger partial charge in [0.15, 0.2) is 0 Å². The normalized spacial score (nSPS) is 24.6. The maximum absolute atomic E-state index is 11.9. The standard InChI is InChI=1S/C10H16N2O11P2/c1-5-3-12(10(14)11-9(5)13)8-2-6(23-25(18,19)20)7(22-8)4-21-24(15,16)17/h3,6-8H,2,4H2,1H3,(H,11,13,14)(H2,15,16,17)(H2,18,19,20)/t6?,7-,8-/m1/s1. The van der Waals surface area contributed by atoms with Crippen LogP contribution in [-0.2, 0) is 22.9 Å². The summed E-state index contributed by atoms with van der Waals surface area (Å²) in [6.45, 7) is 0.699. The van der Waals surface area contributed by atoms with E-state index in [0.29, 0.717) is 0 Å². The zero-order valence-electron chi connectivity index (χ0n) is 12.7. The van der Waals surface area contributed by atoms with Crippen molar-refractivity contribution in [2.75, 3.05) is 6.61 Å². The molecular weight excluding hydrogens is 386 g/mol. The summed E-state index contributed by atoms with van der Waals surface area (Å²) in [7, 11) is -9.80. The molecule has 0 bridgehead atoms. The number of hydrogen-bond donors (Lipinski definition) is 5. The molecule has 2 heterocycles. The number of aromatic amines is 1. The topological polar surface area (TPSA) is 198 Å². The van der Waals surface area contributed by atoms with Crippen LogP contribution in [0.2, 0.25) is 0 Å². The molecule has 1 aromatic rings. The summed E-state index contributed by atoms with van der Waals surface area (Å²) in [4.78, 5) is 60.7. The van der Waals surface area contributed by atoms with Gasteiger partial charge in [0.05, 0.1) is 6.61 Å². The fourth-order valence-corrected chi connectivity index (χ4v) is 3.19. The van der Waals surface area contributed by atoms with Crippen LogP contribution in [0.4, 0.5) is 0 Å². The molecule has 3 atom stereocenters. The predicted molar refractivity (Wildman–Crippen MR) is 79.5 cm³/mol. The molecule has 0 aromatic carbocycles. The summed E-state index contributed by atoms with van der Waals surface area (Å²) in [5.74, 6) is 0. The molecule has 0 radical (unpaired) electrons. The van der Waals surface area contributed by atoms with Gasteiger partial charge in [-0.15, -0.1) is 0 Å². The Kier molecular flexibility index (Phi) is 5.84. The third-order valence-electron chi connectivity index (χ3n) is 3.32. The highest BCUT2D eigenvalue weighted by Crippen LogP contribution is 2.44. The zero-order chi connectivity index (χ0) is 19.0. The van der Waals surface area contributed by atoms with Gasteiger partial charge < -0.3 is 24.3 Å². The van der Waals surface area contributed by atoms with Gasteiger partial charge in [0.1, 0.15) is 18.4 Å². The fourth-order valence-electron chi connectivity index (χ4n) is 2.28. The number of aromatic nitrogens is 2. The fraction of sp³-hybridized carbons (Fsp3) is 0.600. The van der Waals surface area contributed by atoms with Gasteiger partial charge in [-0.2, -0.15) is 0 Å². The van der Waals surface area contributed by atoms with Crippen LogP contribution in [0, 0.1) is 6.92 Å². The molecule has 0 aliphatic carbocycles. The number of rotatable bonds is 6. The van der Waals surface area contributed by atoms with Crippen LogP contribution in [-0.4, -0.2) is 47.9 Å². The van der Waals surface area contributed by atoms with Gasteiger partial charge >= 0.3 is 21.3 Å². The molecule has 15 heteroatoms. The van der Waals surface area contributed by atoms with Gasteiger partial charge in [0.2, 0.25) is 0 Å². The Bertz CT molecular complexity index is 836. The molecule has 1 aromatic heterocycles. The third kappa shape index (κ3) is 5.68. The Hall–Kier alpha value is -1.14. The summed E-state index contributed by atoms with van der Waals surface area (Å²) in [6, 6.07) is 0. The van der Waals surface area contributed by atoms with Crippen LogP contribution in [0.1, 0.15) is 18.2 Å². The molecule has 0 saturated carbocycles. The number of hydrogen-bond acceptors (Lipinski definition) is 7. The lowest BCUT2D eigenvalue weighted by Gasteiger charge is -2.19. The number of phosphoric ester groups is 2. The van der Waals surface area contributed by atoms with Gasteiger partial charge in [-0.3, -0.25) is 23.4 Å². The number of phosphoric acid groups is 2. The van der Waals surface area contributed by atoms with E-state index in [1.807, 2.05) is 4.98 Å². The SMILES string of the molecule is Cc1cn([C@H]2CC(OP(=O)(O)O)[C@@H](COP(=O)(O)O)O2)c(=O)[nH]c1=O. The minimum absolute atomic E-state index is 0.186. The van der Waals surface area contributed by atoms with Crippen molar-refractivity contribution in [2.45, 2.75) is 31.8 Å². The summed E-state index contributed by atoms with van der Waals surface area (Å²) in [5, 5.41) is 0. The minimum atomic E-state index is -4.94. The minimum Gasteiger partial charge on any atom is -0.349 e. The van der Waals surface area contributed by atoms with Crippen molar-refractivity contribution in [3.8, 4) is 0 Å². The van der Waals surface area contributed by atoms with Crippen LogP contribution in [0.3, 0.4) is 0 Å².